The molecule has 1 aliphatic carbocycles. The number of aromatic nitrogens is 1. The number of carbonyl (C=O) groups excluding carboxylic acids is 1. The van der Waals surface area contributed by atoms with Crippen LogP contribution < -0.4 is 0 Å². The smallest absolute Gasteiger partial charge is 0.226 e. The molecule has 23 heavy (non-hydrogen) atoms. The molecular weight excluding hydrogens is 286 g/mol. The number of carbonyl (C=O) groups is 1. The molecule has 0 radical (unpaired) electrons. The van der Waals surface area contributed by atoms with E-state index in [-0.39, 0.29) is 11.8 Å². The van der Waals surface area contributed by atoms with Gasteiger partial charge in [0.15, 0.2) is 0 Å². The maximum absolute atomic E-state index is 12.8. The van der Waals surface area contributed by atoms with Crippen LogP contribution >= 0.6 is 0 Å². The lowest BCUT2D eigenvalue weighted by atomic mass is 10.1. The van der Waals surface area contributed by atoms with E-state index in [0.29, 0.717) is 25.4 Å². The predicted octanol–water partition coefficient (Wildman–Crippen LogP) is 3.13. The zero-order chi connectivity index (χ0) is 16.1. The first-order valence-corrected chi connectivity index (χ1v) is 7.90. The normalized spacial score (nSPS) is 18.9. The van der Waals surface area contributed by atoms with Crippen LogP contribution in [0.15, 0.2) is 54.7 Å². The molecule has 4 nitrogen and oxygen atoms in total. The van der Waals surface area contributed by atoms with Gasteiger partial charge in [-0.1, -0.05) is 36.4 Å². The van der Waals surface area contributed by atoms with E-state index in [1.165, 1.54) is 5.56 Å². The van der Waals surface area contributed by atoms with Crippen LogP contribution in [-0.2, 0) is 11.3 Å². The molecule has 1 aromatic heterocycles. The quantitative estimate of drug-likeness (QED) is 0.824. The molecule has 0 N–H and O–H groups in total. The number of nitrogens with zero attached hydrogens (tertiary/aromatic N) is 3. The number of benzene rings is 1. The van der Waals surface area contributed by atoms with Crippen molar-refractivity contribution in [1.29, 1.82) is 5.26 Å². The van der Waals surface area contributed by atoms with Gasteiger partial charge in [-0.2, -0.15) is 5.26 Å². The Morgan fingerprint density at radius 3 is 2.70 bits per heavy atom. The summed E-state index contributed by atoms with van der Waals surface area (Å²) in [4.78, 5) is 18.9. The second kappa shape index (κ2) is 7.06. The summed E-state index contributed by atoms with van der Waals surface area (Å²) in [7, 11) is 0. The average Bonchev–Trinajstić information content (AvgIpc) is 3.40. The summed E-state index contributed by atoms with van der Waals surface area (Å²) in [5.74, 6) is 0.497. The highest BCUT2D eigenvalue weighted by Crippen LogP contribution is 2.48. The highest BCUT2D eigenvalue weighted by Gasteiger charge is 2.45. The highest BCUT2D eigenvalue weighted by atomic mass is 16.2. The van der Waals surface area contributed by atoms with Gasteiger partial charge in [-0.3, -0.25) is 9.78 Å². The van der Waals surface area contributed by atoms with Gasteiger partial charge in [0.25, 0.3) is 0 Å². The van der Waals surface area contributed by atoms with Gasteiger partial charge in [-0.25, -0.2) is 0 Å². The van der Waals surface area contributed by atoms with Crippen molar-refractivity contribution in [1.82, 2.24) is 9.88 Å². The van der Waals surface area contributed by atoms with E-state index >= 15 is 0 Å². The SMILES string of the molecule is N#CCCN(Cc1ccccn1)C(=O)[C@H]1C[C@H]1c1ccccc1. The molecule has 116 valence electrons. The van der Waals surface area contributed by atoms with Crippen LogP contribution in [0.5, 0.6) is 0 Å². The van der Waals surface area contributed by atoms with Crippen molar-refractivity contribution in [2.45, 2.75) is 25.3 Å². The standard InChI is InChI=1S/C19H19N3O/c20-10-6-12-22(14-16-9-4-5-11-21-16)19(23)18-13-17(18)15-7-2-1-3-8-15/h1-5,7-9,11,17-18H,6,12-14H2/t17-,18-/m0/s1. The highest BCUT2D eigenvalue weighted by molar-refractivity contribution is 5.83. The molecule has 0 bridgehead atoms. The van der Waals surface area contributed by atoms with Gasteiger partial charge in [0.1, 0.15) is 0 Å². The molecule has 1 aromatic carbocycles. The first-order valence-electron chi connectivity index (χ1n) is 7.90. The van der Waals surface area contributed by atoms with Crippen molar-refractivity contribution in [3.05, 3.63) is 66.0 Å². The molecular formula is C19H19N3O. The third-order valence-corrected chi connectivity index (χ3v) is 4.22. The Balaban J connectivity index is 1.68. The second-order valence-electron chi connectivity index (χ2n) is 5.85. The van der Waals surface area contributed by atoms with Gasteiger partial charge >= 0.3 is 0 Å². The Bertz CT molecular complexity index is 694. The molecule has 0 spiro atoms. The molecule has 1 fully saturated rings. The molecule has 0 aliphatic heterocycles. The average molecular weight is 305 g/mol. The van der Waals surface area contributed by atoms with Crippen molar-refractivity contribution in [3.63, 3.8) is 0 Å². The van der Waals surface area contributed by atoms with Gasteiger partial charge in [0.05, 0.1) is 24.7 Å². The third kappa shape index (κ3) is 3.75. The van der Waals surface area contributed by atoms with Crippen molar-refractivity contribution in [3.8, 4) is 6.07 Å². The fourth-order valence-electron chi connectivity index (χ4n) is 2.91. The Kier molecular flexibility index (Phi) is 4.68. The van der Waals surface area contributed by atoms with E-state index in [0.717, 1.165) is 12.1 Å². The number of nitriles is 1. The number of pyridine rings is 1. The van der Waals surface area contributed by atoms with E-state index in [1.54, 1.807) is 11.1 Å². The third-order valence-electron chi connectivity index (χ3n) is 4.22. The van der Waals surface area contributed by atoms with Crippen LogP contribution in [0.4, 0.5) is 0 Å². The van der Waals surface area contributed by atoms with E-state index in [9.17, 15) is 4.79 Å². The van der Waals surface area contributed by atoms with Crippen LogP contribution in [0, 0.1) is 17.2 Å². The van der Waals surface area contributed by atoms with Crippen LogP contribution in [-0.4, -0.2) is 22.3 Å². The Labute approximate surface area is 136 Å². The molecule has 0 saturated heterocycles. The number of hydrogen-bond acceptors (Lipinski definition) is 3. The van der Waals surface area contributed by atoms with Gasteiger partial charge < -0.3 is 4.90 Å². The van der Waals surface area contributed by atoms with Crippen molar-refractivity contribution < 1.29 is 4.79 Å². The molecule has 0 unspecified atom stereocenters. The second-order valence-corrected chi connectivity index (χ2v) is 5.85. The minimum atomic E-state index is 0.0415. The zero-order valence-corrected chi connectivity index (χ0v) is 12.9. The summed E-state index contributed by atoms with van der Waals surface area (Å²) in [6, 6.07) is 18.0. The fourth-order valence-corrected chi connectivity index (χ4v) is 2.91. The molecule has 2 atom stereocenters. The summed E-state index contributed by atoms with van der Waals surface area (Å²) in [6.45, 7) is 0.934. The molecule has 1 saturated carbocycles. The molecule has 1 aliphatic rings. The number of rotatable bonds is 6. The van der Waals surface area contributed by atoms with E-state index in [4.69, 9.17) is 5.26 Å². The van der Waals surface area contributed by atoms with E-state index in [2.05, 4.69) is 23.2 Å². The van der Waals surface area contributed by atoms with Crippen molar-refractivity contribution >= 4 is 5.91 Å². The summed E-state index contributed by atoms with van der Waals surface area (Å²) < 4.78 is 0. The molecule has 1 amide bonds. The molecule has 2 aromatic rings. The Morgan fingerprint density at radius 1 is 1.22 bits per heavy atom. The zero-order valence-electron chi connectivity index (χ0n) is 12.9. The Morgan fingerprint density at radius 2 is 2.00 bits per heavy atom. The molecule has 3 rings (SSSR count). The first-order chi connectivity index (χ1) is 11.3. The summed E-state index contributed by atoms with van der Waals surface area (Å²) >= 11 is 0. The predicted molar refractivity (Wildman–Crippen MR) is 87.2 cm³/mol. The fraction of sp³-hybridized carbons (Fsp3) is 0.316. The van der Waals surface area contributed by atoms with Crippen molar-refractivity contribution in [2.24, 2.45) is 5.92 Å². The minimum absolute atomic E-state index is 0.0415. The number of hydrogen-bond donors (Lipinski definition) is 0. The number of amides is 1. The Hall–Kier alpha value is -2.67. The topological polar surface area (TPSA) is 57.0 Å². The first kappa shape index (κ1) is 15.2. The minimum Gasteiger partial charge on any atom is -0.336 e. The molecule has 4 heteroatoms. The van der Waals surface area contributed by atoms with Crippen LogP contribution in [0.3, 0.4) is 0 Å². The lowest BCUT2D eigenvalue weighted by molar-refractivity contribution is -0.133. The van der Waals surface area contributed by atoms with Gasteiger partial charge in [0.2, 0.25) is 5.91 Å². The lowest BCUT2D eigenvalue weighted by Gasteiger charge is -2.21. The van der Waals surface area contributed by atoms with E-state index < -0.39 is 0 Å². The summed E-state index contributed by atoms with van der Waals surface area (Å²) in [6.07, 6.45) is 2.97. The monoisotopic (exact) mass is 305 g/mol. The van der Waals surface area contributed by atoms with Crippen molar-refractivity contribution in [2.75, 3.05) is 6.54 Å². The van der Waals surface area contributed by atoms with Gasteiger partial charge in [0, 0.05) is 18.7 Å². The van der Waals surface area contributed by atoms with Crippen LogP contribution in [0.1, 0.15) is 30.0 Å². The van der Waals surface area contributed by atoms with Crippen LogP contribution in [0.2, 0.25) is 0 Å². The summed E-state index contributed by atoms with van der Waals surface area (Å²) in [5.41, 5.74) is 2.08. The maximum atomic E-state index is 12.8. The summed E-state index contributed by atoms with van der Waals surface area (Å²) in [5, 5.41) is 8.84. The maximum Gasteiger partial charge on any atom is 0.226 e. The van der Waals surface area contributed by atoms with Gasteiger partial charge in [-0.15, -0.1) is 0 Å². The largest absolute Gasteiger partial charge is 0.336 e. The van der Waals surface area contributed by atoms with E-state index in [1.807, 2.05) is 36.4 Å². The lowest BCUT2D eigenvalue weighted by Crippen LogP contribution is -2.33. The van der Waals surface area contributed by atoms with Crippen LogP contribution in [0.25, 0.3) is 0 Å². The van der Waals surface area contributed by atoms with Gasteiger partial charge in [-0.05, 0) is 30.0 Å². The molecule has 1 heterocycles.